The van der Waals surface area contributed by atoms with E-state index < -0.39 is 0 Å². The van der Waals surface area contributed by atoms with Gasteiger partial charge in [-0.15, -0.1) is 0 Å². The summed E-state index contributed by atoms with van der Waals surface area (Å²) in [5.74, 6) is 0.967. The van der Waals surface area contributed by atoms with Crippen molar-refractivity contribution in [1.29, 1.82) is 0 Å². The van der Waals surface area contributed by atoms with Crippen LogP contribution in [0.2, 0.25) is 0 Å². The van der Waals surface area contributed by atoms with Crippen LogP contribution < -0.4 is 4.74 Å². The molecule has 0 amide bonds. The molecule has 18 heavy (non-hydrogen) atoms. The van der Waals surface area contributed by atoms with Gasteiger partial charge in [0.25, 0.3) is 0 Å². The molecule has 0 N–H and O–H groups in total. The third kappa shape index (κ3) is 3.48. The van der Waals surface area contributed by atoms with Crippen molar-refractivity contribution in [2.45, 2.75) is 6.42 Å². The van der Waals surface area contributed by atoms with Crippen LogP contribution in [-0.2, 0) is 0 Å². The van der Waals surface area contributed by atoms with Gasteiger partial charge in [-0.25, -0.2) is 0 Å². The molecule has 0 fully saturated rings. The first-order valence-electron chi connectivity index (χ1n) is 5.85. The summed E-state index contributed by atoms with van der Waals surface area (Å²) in [6.45, 7) is 0.741. The van der Waals surface area contributed by atoms with Gasteiger partial charge in [0.05, 0.1) is 6.61 Å². The molecule has 0 bridgehead atoms. The Morgan fingerprint density at radius 1 is 1.00 bits per heavy atom. The fourth-order valence-electron chi connectivity index (χ4n) is 1.75. The third-order valence-corrected chi connectivity index (χ3v) is 4.03. The molecule has 0 aliphatic rings. The highest BCUT2D eigenvalue weighted by molar-refractivity contribution is 14.1. The first kappa shape index (κ1) is 13.9. The van der Waals surface area contributed by atoms with E-state index in [9.17, 15) is 0 Å². The molecular weight excluding hydrogens is 403 g/mol. The lowest BCUT2D eigenvalue weighted by atomic mass is 10.1. The second kappa shape index (κ2) is 7.14. The van der Waals surface area contributed by atoms with Gasteiger partial charge in [-0.3, -0.25) is 0 Å². The number of hydrogen-bond acceptors (Lipinski definition) is 1. The maximum atomic E-state index is 5.88. The van der Waals surface area contributed by atoms with Gasteiger partial charge in [-0.05, 0) is 46.7 Å². The molecule has 0 aliphatic heterocycles. The van der Waals surface area contributed by atoms with Gasteiger partial charge in [-0.1, -0.05) is 52.3 Å². The molecule has 0 atom stereocenters. The molecule has 0 aliphatic carbocycles. The largest absolute Gasteiger partial charge is 0.493 e. The van der Waals surface area contributed by atoms with Gasteiger partial charge in [0, 0.05) is 14.5 Å². The van der Waals surface area contributed by atoms with Crippen LogP contribution >= 0.6 is 38.5 Å². The van der Waals surface area contributed by atoms with Gasteiger partial charge < -0.3 is 4.74 Å². The molecule has 2 rings (SSSR count). The lowest BCUT2D eigenvalue weighted by molar-refractivity contribution is 0.320. The molecular formula is C15H14BrIO. The molecule has 0 heterocycles. The molecule has 2 aromatic rings. The molecule has 0 unspecified atom stereocenters. The second-order valence-corrected chi connectivity index (χ2v) is 5.83. The fraction of sp³-hybridized carbons (Fsp3) is 0.200. The molecule has 0 spiro atoms. The zero-order valence-corrected chi connectivity index (χ0v) is 13.6. The van der Waals surface area contributed by atoms with Crippen molar-refractivity contribution in [1.82, 2.24) is 0 Å². The highest BCUT2D eigenvalue weighted by atomic mass is 127. The molecule has 94 valence electrons. The molecule has 1 nitrogen and oxygen atoms in total. The highest BCUT2D eigenvalue weighted by Gasteiger charge is 2.09. The van der Waals surface area contributed by atoms with E-state index in [1.165, 1.54) is 14.7 Å². The van der Waals surface area contributed by atoms with Crippen molar-refractivity contribution in [3.63, 3.8) is 0 Å². The zero-order valence-electron chi connectivity index (χ0n) is 9.90. The molecule has 2 aromatic carbocycles. The Labute approximate surface area is 130 Å². The lowest BCUT2D eigenvalue weighted by Crippen LogP contribution is -2.00. The van der Waals surface area contributed by atoms with E-state index in [2.05, 4.69) is 68.9 Å². The summed E-state index contributed by atoms with van der Waals surface area (Å²) >= 11 is 5.78. The van der Waals surface area contributed by atoms with Gasteiger partial charge in [0.1, 0.15) is 5.75 Å². The SMILES string of the molecule is BrCCCOc1cccc(I)c1-c1ccccc1. The van der Waals surface area contributed by atoms with E-state index in [0.29, 0.717) is 0 Å². The number of benzene rings is 2. The summed E-state index contributed by atoms with van der Waals surface area (Å²) in [6.07, 6.45) is 1.01. The topological polar surface area (TPSA) is 9.23 Å². The monoisotopic (exact) mass is 416 g/mol. The standard InChI is InChI=1S/C15H14BrIO/c16-10-5-11-18-14-9-4-8-13(17)15(14)12-6-2-1-3-7-12/h1-4,6-9H,5,10-11H2. The minimum atomic E-state index is 0.741. The zero-order chi connectivity index (χ0) is 12.8. The molecule has 3 heteroatoms. The van der Waals surface area contributed by atoms with E-state index in [1.807, 2.05) is 18.2 Å². The molecule has 0 aromatic heterocycles. The number of halogens is 2. The average molecular weight is 417 g/mol. The highest BCUT2D eigenvalue weighted by Crippen LogP contribution is 2.34. The van der Waals surface area contributed by atoms with Crippen molar-refractivity contribution in [3.05, 3.63) is 52.1 Å². The van der Waals surface area contributed by atoms with Crippen molar-refractivity contribution in [2.24, 2.45) is 0 Å². The molecule has 0 saturated carbocycles. The maximum Gasteiger partial charge on any atom is 0.128 e. The smallest absolute Gasteiger partial charge is 0.128 e. The Balaban J connectivity index is 2.33. The van der Waals surface area contributed by atoms with Crippen molar-refractivity contribution < 1.29 is 4.74 Å². The number of hydrogen-bond donors (Lipinski definition) is 0. The summed E-state index contributed by atoms with van der Waals surface area (Å²) in [5, 5.41) is 0.970. The van der Waals surface area contributed by atoms with Crippen LogP contribution in [0.5, 0.6) is 5.75 Å². The maximum absolute atomic E-state index is 5.88. The van der Waals surface area contributed by atoms with Crippen molar-refractivity contribution >= 4 is 38.5 Å². The predicted octanol–water partition coefficient (Wildman–Crippen LogP) is 5.12. The summed E-state index contributed by atoms with van der Waals surface area (Å²) in [7, 11) is 0. The number of rotatable bonds is 5. The van der Waals surface area contributed by atoms with Gasteiger partial charge >= 0.3 is 0 Å². The average Bonchev–Trinajstić information content (AvgIpc) is 2.40. The van der Waals surface area contributed by atoms with Gasteiger partial charge in [-0.2, -0.15) is 0 Å². The number of alkyl halides is 1. The number of ether oxygens (including phenoxy) is 1. The quantitative estimate of drug-likeness (QED) is 0.373. The fourth-order valence-corrected chi connectivity index (χ4v) is 2.76. The van der Waals surface area contributed by atoms with E-state index in [-0.39, 0.29) is 0 Å². The predicted molar refractivity (Wildman–Crippen MR) is 88.5 cm³/mol. The van der Waals surface area contributed by atoms with Crippen LogP contribution in [-0.4, -0.2) is 11.9 Å². The van der Waals surface area contributed by atoms with Gasteiger partial charge in [0.15, 0.2) is 0 Å². The van der Waals surface area contributed by atoms with Crippen LogP contribution in [0.25, 0.3) is 11.1 Å². The third-order valence-electron chi connectivity index (χ3n) is 2.57. The Morgan fingerprint density at radius 2 is 1.78 bits per heavy atom. The first-order valence-corrected chi connectivity index (χ1v) is 8.05. The van der Waals surface area contributed by atoms with Crippen LogP contribution in [0, 0.1) is 3.57 Å². The van der Waals surface area contributed by atoms with E-state index >= 15 is 0 Å². The minimum Gasteiger partial charge on any atom is -0.493 e. The van der Waals surface area contributed by atoms with Crippen LogP contribution in [0.1, 0.15) is 6.42 Å². The molecule has 0 saturated heterocycles. The Morgan fingerprint density at radius 3 is 2.50 bits per heavy atom. The Kier molecular flexibility index (Phi) is 5.50. The van der Waals surface area contributed by atoms with Crippen molar-refractivity contribution in [3.8, 4) is 16.9 Å². The summed E-state index contributed by atoms with van der Waals surface area (Å²) in [6, 6.07) is 16.6. The van der Waals surface area contributed by atoms with Crippen LogP contribution in [0.4, 0.5) is 0 Å². The van der Waals surface area contributed by atoms with E-state index in [4.69, 9.17) is 4.74 Å². The van der Waals surface area contributed by atoms with Crippen LogP contribution in [0.3, 0.4) is 0 Å². The van der Waals surface area contributed by atoms with Crippen LogP contribution in [0.15, 0.2) is 48.5 Å². The summed E-state index contributed by atoms with van der Waals surface area (Å²) in [5.41, 5.74) is 2.39. The van der Waals surface area contributed by atoms with E-state index in [1.54, 1.807) is 0 Å². The van der Waals surface area contributed by atoms with E-state index in [0.717, 1.165) is 24.1 Å². The Bertz CT molecular complexity index is 499. The first-order chi connectivity index (χ1) is 8.83. The van der Waals surface area contributed by atoms with Gasteiger partial charge in [0.2, 0.25) is 0 Å². The minimum absolute atomic E-state index is 0.741. The summed E-state index contributed by atoms with van der Waals surface area (Å²) < 4.78 is 7.10. The lowest BCUT2D eigenvalue weighted by Gasteiger charge is -2.13. The second-order valence-electron chi connectivity index (χ2n) is 3.87. The van der Waals surface area contributed by atoms with Crippen molar-refractivity contribution in [2.75, 3.05) is 11.9 Å². The summed E-state index contributed by atoms with van der Waals surface area (Å²) in [4.78, 5) is 0. The Hall–Kier alpha value is -0.550. The molecule has 0 radical (unpaired) electrons. The normalized spacial score (nSPS) is 10.3.